The fourth-order valence-corrected chi connectivity index (χ4v) is 2.41. The third-order valence-electron chi connectivity index (χ3n) is 3.57. The van der Waals surface area contributed by atoms with Gasteiger partial charge in [-0.1, -0.05) is 24.3 Å². The lowest BCUT2D eigenvalue weighted by molar-refractivity contribution is 0.435. The van der Waals surface area contributed by atoms with Gasteiger partial charge in [0, 0.05) is 36.2 Å². The lowest BCUT2D eigenvalue weighted by atomic mass is 9.97. The van der Waals surface area contributed by atoms with Gasteiger partial charge in [-0.3, -0.25) is 0 Å². The zero-order valence-corrected chi connectivity index (χ0v) is 12.5. The van der Waals surface area contributed by atoms with E-state index >= 15 is 0 Å². The monoisotopic (exact) mass is 299 g/mol. The summed E-state index contributed by atoms with van der Waals surface area (Å²) in [4.78, 5) is 1.96. The number of allylic oxidation sites excluding steroid dienone is 7. The van der Waals surface area contributed by atoms with E-state index in [0.717, 1.165) is 11.3 Å². The molecule has 3 rings (SSSR count). The Labute approximate surface area is 134 Å². The Bertz CT molecular complexity index is 870. The molecule has 23 heavy (non-hydrogen) atoms. The van der Waals surface area contributed by atoms with Gasteiger partial charge >= 0.3 is 0 Å². The molecule has 1 aromatic carbocycles. The first-order chi connectivity index (χ1) is 11.2. The second-order valence-electron chi connectivity index (χ2n) is 5.04. The molecule has 0 spiro atoms. The van der Waals surface area contributed by atoms with Crippen LogP contribution in [0.2, 0.25) is 0 Å². The summed E-state index contributed by atoms with van der Waals surface area (Å²) < 4.78 is 5.90. The third-order valence-corrected chi connectivity index (χ3v) is 3.57. The Morgan fingerprint density at radius 3 is 2.70 bits per heavy atom. The Hall–Kier alpha value is -3.50. The van der Waals surface area contributed by atoms with Crippen LogP contribution in [0.5, 0.6) is 5.75 Å². The molecule has 0 unspecified atom stereocenters. The van der Waals surface area contributed by atoms with Gasteiger partial charge in [-0.15, -0.1) is 0 Å². The van der Waals surface area contributed by atoms with Gasteiger partial charge in [0.2, 0.25) is 0 Å². The van der Waals surface area contributed by atoms with Crippen LogP contribution in [0, 0.1) is 22.7 Å². The van der Waals surface area contributed by atoms with E-state index in [1.807, 2.05) is 78.9 Å². The number of hydrogen-bond donors (Lipinski definition) is 0. The fraction of sp³-hybridized carbons (Fsp3) is 0.0526. The quantitative estimate of drug-likeness (QED) is 0.742. The molecule has 0 N–H and O–H groups in total. The van der Waals surface area contributed by atoms with Gasteiger partial charge in [-0.05, 0) is 24.3 Å². The maximum atomic E-state index is 9.21. The van der Waals surface area contributed by atoms with Crippen molar-refractivity contribution in [1.29, 1.82) is 10.5 Å². The average Bonchev–Trinajstić information content (AvgIpc) is 2.58. The minimum absolute atomic E-state index is 0.0732. The van der Waals surface area contributed by atoms with E-state index in [-0.39, 0.29) is 5.57 Å². The van der Waals surface area contributed by atoms with Crippen molar-refractivity contribution in [3.05, 3.63) is 83.4 Å². The first kappa shape index (κ1) is 14.4. The topological polar surface area (TPSA) is 60.0 Å². The van der Waals surface area contributed by atoms with E-state index in [4.69, 9.17) is 4.74 Å². The summed E-state index contributed by atoms with van der Waals surface area (Å²) in [5, 5.41) is 18.4. The number of hydrogen-bond acceptors (Lipinski definition) is 4. The smallest absolute Gasteiger partial charge is 0.137 e. The summed E-state index contributed by atoms with van der Waals surface area (Å²) >= 11 is 0. The predicted octanol–water partition coefficient (Wildman–Crippen LogP) is 3.66. The van der Waals surface area contributed by atoms with Crippen LogP contribution in [0.4, 0.5) is 0 Å². The fourth-order valence-electron chi connectivity index (χ4n) is 2.41. The Balaban J connectivity index is 2.11. The zero-order chi connectivity index (χ0) is 16.2. The van der Waals surface area contributed by atoms with E-state index in [0.29, 0.717) is 17.1 Å². The van der Waals surface area contributed by atoms with Crippen molar-refractivity contribution >= 4 is 5.57 Å². The van der Waals surface area contributed by atoms with Gasteiger partial charge in [0.15, 0.2) is 0 Å². The molecule has 0 bridgehead atoms. The molecule has 0 aliphatic carbocycles. The first-order valence-electron chi connectivity index (χ1n) is 7.06. The van der Waals surface area contributed by atoms with Crippen LogP contribution >= 0.6 is 0 Å². The number of fused-ring (bicyclic) bond motifs is 1. The molecule has 0 fully saturated rings. The molecule has 4 nitrogen and oxygen atoms in total. The second-order valence-corrected chi connectivity index (χ2v) is 5.04. The number of nitrogens with zero attached hydrogens (tertiary/aromatic N) is 3. The highest BCUT2D eigenvalue weighted by Crippen LogP contribution is 2.36. The van der Waals surface area contributed by atoms with Crippen LogP contribution in [-0.4, -0.2) is 11.9 Å². The molecule has 0 saturated carbocycles. The van der Waals surface area contributed by atoms with Crippen LogP contribution in [0.25, 0.3) is 5.57 Å². The number of rotatable bonds is 1. The highest BCUT2D eigenvalue weighted by molar-refractivity contribution is 5.86. The molecule has 0 atom stereocenters. The van der Waals surface area contributed by atoms with Gasteiger partial charge in [0.1, 0.15) is 29.2 Å². The van der Waals surface area contributed by atoms with Gasteiger partial charge in [-0.2, -0.15) is 10.5 Å². The predicted molar refractivity (Wildman–Crippen MR) is 87.4 cm³/mol. The van der Waals surface area contributed by atoms with Gasteiger partial charge in [-0.25, -0.2) is 0 Å². The molecule has 0 radical (unpaired) electrons. The number of likely N-dealkylation sites (N-methyl/N-ethyl adjacent to an activating group) is 1. The summed E-state index contributed by atoms with van der Waals surface area (Å²) in [6, 6.07) is 11.3. The van der Waals surface area contributed by atoms with Crippen molar-refractivity contribution in [3.8, 4) is 17.9 Å². The molecule has 0 saturated heterocycles. The van der Waals surface area contributed by atoms with Crippen LogP contribution in [-0.2, 0) is 0 Å². The molecular formula is C19H13N3O. The third kappa shape index (κ3) is 2.79. The molecule has 0 amide bonds. The van der Waals surface area contributed by atoms with Gasteiger partial charge < -0.3 is 9.64 Å². The van der Waals surface area contributed by atoms with Crippen molar-refractivity contribution in [2.45, 2.75) is 0 Å². The summed E-state index contributed by atoms with van der Waals surface area (Å²) in [6.45, 7) is 0. The number of benzene rings is 1. The Kier molecular flexibility index (Phi) is 3.82. The highest BCUT2D eigenvalue weighted by Gasteiger charge is 2.19. The Morgan fingerprint density at radius 2 is 1.96 bits per heavy atom. The molecule has 0 aromatic heterocycles. The first-order valence-corrected chi connectivity index (χ1v) is 7.06. The van der Waals surface area contributed by atoms with Crippen molar-refractivity contribution in [2.24, 2.45) is 0 Å². The minimum atomic E-state index is 0.0732. The van der Waals surface area contributed by atoms with E-state index in [2.05, 4.69) is 0 Å². The summed E-state index contributed by atoms with van der Waals surface area (Å²) in [5.41, 5.74) is 2.36. The number of nitriles is 2. The van der Waals surface area contributed by atoms with Crippen LogP contribution < -0.4 is 4.74 Å². The molecule has 1 aromatic rings. The van der Waals surface area contributed by atoms with E-state index in [9.17, 15) is 10.5 Å². The minimum Gasteiger partial charge on any atom is -0.457 e. The standard InChI is InChI=1S/C19H13N3O/c1-22-9-5-4-6-15(22)10-16-11-18(14(12-20)13-21)17-7-2-3-8-19(17)23-16/h2-11H,1H3/b15-10+. The van der Waals surface area contributed by atoms with Gasteiger partial charge in [0.05, 0.1) is 0 Å². The van der Waals surface area contributed by atoms with Gasteiger partial charge in [0.25, 0.3) is 0 Å². The Morgan fingerprint density at radius 1 is 1.17 bits per heavy atom. The maximum absolute atomic E-state index is 9.21. The normalized spacial score (nSPS) is 17.0. The SMILES string of the molecule is CN1C=CC=C/C1=C\C1=CC(=C(C#N)C#N)c2ccccc2O1. The van der Waals surface area contributed by atoms with Crippen LogP contribution in [0.1, 0.15) is 5.56 Å². The van der Waals surface area contributed by atoms with Crippen LogP contribution in [0.3, 0.4) is 0 Å². The van der Waals surface area contributed by atoms with E-state index in [1.165, 1.54) is 0 Å². The molecule has 2 heterocycles. The van der Waals surface area contributed by atoms with E-state index < -0.39 is 0 Å². The van der Waals surface area contributed by atoms with Crippen molar-refractivity contribution < 1.29 is 4.74 Å². The number of ether oxygens (including phenoxy) is 1. The summed E-state index contributed by atoms with van der Waals surface area (Å²) in [7, 11) is 1.94. The molecule has 110 valence electrons. The number of para-hydroxylation sites is 1. The molecular weight excluding hydrogens is 286 g/mol. The lowest BCUT2D eigenvalue weighted by Crippen LogP contribution is -2.12. The van der Waals surface area contributed by atoms with Crippen molar-refractivity contribution in [1.82, 2.24) is 4.90 Å². The summed E-state index contributed by atoms with van der Waals surface area (Å²) in [6.07, 6.45) is 11.4. The average molecular weight is 299 g/mol. The zero-order valence-electron chi connectivity index (χ0n) is 12.5. The van der Waals surface area contributed by atoms with Crippen LogP contribution in [0.15, 0.2) is 77.9 Å². The maximum Gasteiger partial charge on any atom is 0.137 e. The summed E-state index contributed by atoms with van der Waals surface area (Å²) in [5.74, 6) is 1.22. The highest BCUT2D eigenvalue weighted by atomic mass is 16.5. The van der Waals surface area contributed by atoms with E-state index in [1.54, 1.807) is 6.08 Å². The van der Waals surface area contributed by atoms with Crippen molar-refractivity contribution in [2.75, 3.05) is 7.05 Å². The molecule has 4 heteroatoms. The molecule has 2 aliphatic rings. The van der Waals surface area contributed by atoms with Crippen molar-refractivity contribution in [3.63, 3.8) is 0 Å². The largest absolute Gasteiger partial charge is 0.457 e. The lowest BCUT2D eigenvalue weighted by Gasteiger charge is -2.22. The second kappa shape index (κ2) is 6.09. The molecule has 2 aliphatic heterocycles.